The Hall–Kier alpha value is -1.12. The maximum absolute atomic E-state index is 11.9. The molecular weight excluding hydrogens is 227 g/mol. The lowest BCUT2D eigenvalue weighted by Gasteiger charge is -2.10. The van der Waals surface area contributed by atoms with E-state index in [9.17, 15) is 14.3 Å². The minimum Gasteiger partial charge on any atom is -0.466 e. The highest BCUT2D eigenvalue weighted by Crippen LogP contribution is 2.39. The molecule has 0 bridgehead atoms. The molecule has 0 heterocycles. The molecule has 0 fully saturated rings. The quantitative estimate of drug-likeness (QED) is 0.628. The number of esters is 1. The van der Waals surface area contributed by atoms with Crippen molar-refractivity contribution in [2.75, 3.05) is 12.8 Å². The largest absolute Gasteiger partial charge is 0.466 e. The normalized spacial score (nSPS) is 14.1. The van der Waals surface area contributed by atoms with Crippen molar-refractivity contribution in [3.8, 4) is 0 Å². The molecular formula is C11H15O4P. The monoisotopic (exact) mass is 242 g/mol. The molecule has 0 radical (unpaired) electrons. The summed E-state index contributed by atoms with van der Waals surface area (Å²) in [4.78, 5) is 20.8. The van der Waals surface area contributed by atoms with Gasteiger partial charge in [0.15, 0.2) is 0 Å². The van der Waals surface area contributed by atoms with Gasteiger partial charge in [0.2, 0.25) is 7.37 Å². The van der Waals surface area contributed by atoms with E-state index >= 15 is 0 Å². The van der Waals surface area contributed by atoms with Crippen LogP contribution in [0.5, 0.6) is 0 Å². The van der Waals surface area contributed by atoms with E-state index in [2.05, 4.69) is 0 Å². The van der Waals surface area contributed by atoms with E-state index < -0.39 is 13.3 Å². The molecule has 0 aliphatic rings. The SMILES string of the molecule is CCOC(=O)CCP(=O)(O)c1ccccc1. The Morgan fingerprint density at radius 1 is 1.38 bits per heavy atom. The number of hydrogen-bond acceptors (Lipinski definition) is 3. The van der Waals surface area contributed by atoms with E-state index in [-0.39, 0.29) is 12.6 Å². The number of rotatable bonds is 5. The van der Waals surface area contributed by atoms with Crippen molar-refractivity contribution in [3.63, 3.8) is 0 Å². The van der Waals surface area contributed by atoms with Crippen LogP contribution < -0.4 is 5.30 Å². The first-order valence-electron chi connectivity index (χ1n) is 5.09. The summed E-state index contributed by atoms with van der Waals surface area (Å²) < 4.78 is 16.6. The number of benzene rings is 1. The maximum Gasteiger partial charge on any atom is 0.306 e. The van der Waals surface area contributed by atoms with Crippen LogP contribution in [0.25, 0.3) is 0 Å². The van der Waals surface area contributed by atoms with Crippen molar-refractivity contribution >= 4 is 18.6 Å². The molecule has 1 aromatic rings. The maximum atomic E-state index is 11.9. The first kappa shape index (κ1) is 12.9. The Kier molecular flexibility index (Phi) is 4.71. The second-order valence-electron chi connectivity index (χ2n) is 3.32. The summed E-state index contributed by atoms with van der Waals surface area (Å²) in [5.41, 5.74) is 0. The van der Waals surface area contributed by atoms with Crippen LogP contribution in [-0.4, -0.2) is 23.6 Å². The first-order chi connectivity index (χ1) is 7.56. The van der Waals surface area contributed by atoms with Crippen molar-refractivity contribution in [2.45, 2.75) is 13.3 Å². The van der Waals surface area contributed by atoms with Gasteiger partial charge in [0, 0.05) is 11.5 Å². The molecule has 0 aliphatic carbocycles. The van der Waals surface area contributed by atoms with Crippen molar-refractivity contribution in [3.05, 3.63) is 30.3 Å². The molecule has 4 nitrogen and oxygen atoms in total. The van der Waals surface area contributed by atoms with Gasteiger partial charge in [-0.3, -0.25) is 9.36 Å². The third kappa shape index (κ3) is 3.80. The van der Waals surface area contributed by atoms with E-state index in [1.54, 1.807) is 37.3 Å². The van der Waals surface area contributed by atoms with Crippen molar-refractivity contribution in [1.82, 2.24) is 0 Å². The lowest BCUT2D eigenvalue weighted by Crippen LogP contribution is -2.11. The smallest absolute Gasteiger partial charge is 0.306 e. The lowest BCUT2D eigenvalue weighted by molar-refractivity contribution is -0.142. The van der Waals surface area contributed by atoms with Crippen LogP contribution in [0, 0.1) is 0 Å². The molecule has 0 spiro atoms. The highest BCUT2D eigenvalue weighted by molar-refractivity contribution is 7.66. The Bertz CT molecular complexity index is 388. The molecule has 1 aromatic carbocycles. The van der Waals surface area contributed by atoms with Crippen molar-refractivity contribution < 1.29 is 19.0 Å². The molecule has 16 heavy (non-hydrogen) atoms. The number of hydrogen-bond donors (Lipinski definition) is 1. The van der Waals surface area contributed by atoms with Gasteiger partial charge in [0.25, 0.3) is 0 Å². The third-order valence-corrected chi connectivity index (χ3v) is 4.02. The predicted molar refractivity (Wildman–Crippen MR) is 62.0 cm³/mol. The van der Waals surface area contributed by atoms with Crippen molar-refractivity contribution in [2.24, 2.45) is 0 Å². The van der Waals surface area contributed by atoms with Crippen molar-refractivity contribution in [1.29, 1.82) is 0 Å². The molecule has 1 N–H and O–H groups in total. The van der Waals surface area contributed by atoms with Gasteiger partial charge in [-0.1, -0.05) is 18.2 Å². The summed E-state index contributed by atoms with van der Waals surface area (Å²) in [6.07, 6.45) is -0.105. The second-order valence-corrected chi connectivity index (χ2v) is 5.68. The molecule has 88 valence electrons. The lowest BCUT2D eigenvalue weighted by atomic mass is 10.4. The first-order valence-corrected chi connectivity index (χ1v) is 6.94. The number of carbonyl (C=O) groups is 1. The Morgan fingerprint density at radius 3 is 2.56 bits per heavy atom. The van der Waals surface area contributed by atoms with Gasteiger partial charge in [0.1, 0.15) is 0 Å². The van der Waals surface area contributed by atoms with Crippen LogP contribution in [0.15, 0.2) is 30.3 Å². The zero-order valence-electron chi connectivity index (χ0n) is 9.13. The van der Waals surface area contributed by atoms with Crippen LogP contribution in [0.1, 0.15) is 13.3 Å². The summed E-state index contributed by atoms with van der Waals surface area (Å²) in [5, 5.41) is 0.374. The van der Waals surface area contributed by atoms with Crippen LogP contribution in [-0.2, 0) is 14.1 Å². The predicted octanol–water partition coefficient (Wildman–Crippen LogP) is 1.54. The summed E-state index contributed by atoms with van der Waals surface area (Å²) in [6, 6.07) is 8.35. The van der Waals surface area contributed by atoms with E-state index in [4.69, 9.17) is 4.74 Å². The Morgan fingerprint density at radius 2 is 2.00 bits per heavy atom. The summed E-state index contributed by atoms with van der Waals surface area (Å²) in [6.45, 7) is 1.99. The molecule has 1 atom stereocenters. The van der Waals surface area contributed by atoms with Gasteiger partial charge in [-0.05, 0) is 19.1 Å². The summed E-state index contributed by atoms with van der Waals surface area (Å²) >= 11 is 0. The third-order valence-electron chi connectivity index (χ3n) is 2.08. The second kappa shape index (κ2) is 5.83. The minimum atomic E-state index is -3.42. The van der Waals surface area contributed by atoms with Gasteiger partial charge in [-0.2, -0.15) is 0 Å². The zero-order chi connectivity index (χ0) is 12.0. The van der Waals surface area contributed by atoms with Gasteiger partial charge >= 0.3 is 5.97 Å². The molecule has 5 heteroatoms. The van der Waals surface area contributed by atoms with Crippen LogP contribution in [0.3, 0.4) is 0 Å². The average Bonchev–Trinajstić information content (AvgIpc) is 2.28. The Balaban J connectivity index is 2.59. The number of carbonyl (C=O) groups excluding carboxylic acids is 1. The zero-order valence-corrected chi connectivity index (χ0v) is 10.0. The molecule has 1 unspecified atom stereocenters. The van der Waals surface area contributed by atoms with E-state index in [0.717, 1.165) is 0 Å². The standard InChI is InChI=1S/C11H15O4P/c1-2-15-11(12)8-9-16(13,14)10-6-4-3-5-7-10/h3-7H,2,8-9H2,1H3,(H,13,14). The summed E-state index contributed by atoms with van der Waals surface area (Å²) in [5.74, 6) is -0.437. The fourth-order valence-electron chi connectivity index (χ4n) is 1.27. The van der Waals surface area contributed by atoms with Crippen LogP contribution in [0.2, 0.25) is 0 Å². The number of ether oxygens (including phenoxy) is 1. The van der Waals surface area contributed by atoms with E-state index in [1.807, 2.05) is 0 Å². The van der Waals surface area contributed by atoms with Gasteiger partial charge in [-0.15, -0.1) is 0 Å². The van der Waals surface area contributed by atoms with Gasteiger partial charge in [0.05, 0.1) is 13.0 Å². The highest BCUT2D eigenvalue weighted by Gasteiger charge is 2.22. The molecule has 0 amide bonds. The molecule has 0 aliphatic heterocycles. The van der Waals surface area contributed by atoms with Gasteiger partial charge < -0.3 is 9.63 Å². The fraction of sp³-hybridized carbons (Fsp3) is 0.364. The van der Waals surface area contributed by atoms with E-state index in [0.29, 0.717) is 11.9 Å². The average molecular weight is 242 g/mol. The highest BCUT2D eigenvalue weighted by atomic mass is 31.2. The molecule has 0 saturated carbocycles. The van der Waals surface area contributed by atoms with Crippen LogP contribution >= 0.6 is 7.37 Å². The topological polar surface area (TPSA) is 63.6 Å². The van der Waals surface area contributed by atoms with Gasteiger partial charge in [-0.25, -0.2) is 0 Å². The molecule has 0 saturated heterocycles. The van der Waals surface area contributed by atoms with Crippen LogP contribution in [0.4, 0.5) is 0 Å². The molecule has 0 aromatic heterocycles. The van der Waals surface area contributed by atoms with E-state index in [1.165, 1.54) is 0 Å². The Labute approximate surface area is 94.7 Å². The summed E-state index contributed by atoms with van der Waals surface area (Å²) in [7, 11) is -3.42. The fourth-order valence-corrected chi connectivity index (χ4v) is 2.65. The molecule has 1 rings (SSSR count). The minimum absolute atomic E-state index is 0.0312.